The Balaban J connectivity index is 1.21. The Morgan fingerprint density at radius 3 is 2.57 bits per heavy atom. The second kappa shape index (κ2) is 8.95. The number of nitrogens with one attached hydrogen (secondary N) is 1. The first-order valence-electron chi connectivity index (χ1n) is 10.7. The Labute approximate surface area is 167 Å². The zero-order valence-corrected chi connectivity index (χ0v) is 16.6. The number of likely N-dealkylation sites (tertiary alicyclic amines) is 2. The van der Waals surface area contributed by atoms with E-state index in [0.29, 0.717) is 31.4 Å². The standard InChI is InChI=1S/C22H31N3O3/c26-21(23-19-9-14-28-20-6-2-1-5-18(19)20)16-24-12-7-17(8-13-24)15-22(27)25-10-3-4-11-25/h1-2,5-6,17,19H,3-4,7-16H2,(H,23,26). The first-order valence-corrected chi connectivity index (χ1v) is 10.7. The minimum Gasteiger partial charge on any atom is -0.493 e. The van der Waals surface area contributed by atoms with Crippen molar-refractivity contribution in [3.8, 4) is 5.75 Å². The van der Waals surface area contributed by atoms with Gasteiger partial charge in [0.05, 0.1) is 19.2 Å². The number of ether oxygens (including phenoxy) is 1. The van der Waals surface area contributed by atoms with Crippen molar-refractivity contribution in [2.75, 3.05) is 39.3 Å². The number of hydrogen-bond acceptors (Lipinski definition) is 4. The molecule has 0 bridgehead atoms. The van der Waals surface area contributed by atoms with Gasteiger partial charge in [-0.2, -0.15) is 0 Å². The molecule has 1 aromatic rings. The van der Waals surface area contributed by atoms with E-state index < -0.39 is 0 Å². The van der Waals surface area contributed by atoms with Crippen LogP contribution in [-0.4, -0.2) is 60.9 Å². The van der Waals surface area contributed by atoms with Crippen LogP contribution in [0.15, 0.2) is 24.3 Å². The van der Waals surface area contributed by atoms with Crippen molar-refractivity contribution >= 4 is 11.8 Å². The molecular weight excluding hydrogens is 354 g/mol. The van der Waals surface area contributed by atoms with Gasteiger partial charge in [-0.3, -0.25) is 14.5 Å². The smallest absolute Gasteiger partial charge is 0.234 e. The van der Waals surface area contributed by atoms with E-state index >= 15 is 0 Å². The van der Waals surface area contributed by atoms with E-state index in [1.807, 2.05) is 29.2 Å². The molecule has 2 amide bonds. The van der Waals surface area contributed by atoms with Gasteiger partial charge in [0.25, 0.3) is 0 Å². The Bertz CT molecular complexity index is 694. The van der Waals surface area contributed by atoms with Gasteiger partial charge in [-0.25, -0.2) is 0 Å². The summed E-state index contributed by atoms with van der Waals surface area (Å²) in [5, 5.41) is 3.18. The molecule has 2 saturated heterocycles. The van der Waals surface area contributed by atoms with Crippen LogP contribution >= 0.6 is 0 Å². The van der Waals surface area contributed by atoms with Crippen molar-refractivity contribution < 1.29 is 14.3 Å². The first kappa shape index (κ1) is 19.2. The van der Waals surface area contributed by atoms with E-state index in [9.17, 15) is 9.59 Å². The number of nitrogens with zero attached hydrogens (tertiary/aromatic N) is 2. The van der Waals surface area contributed by atoms with E-state index in [4.69, 9.17) is 4.74 Å². The van der Waals surface area contributed by atoms with Gasteiger partial charge in [0.15, 0.2) is 0 Å². The highest BCUT2D eigenvalue weighted by Crippen LogP contribution is 2.31. The number of amides is 2. The van der Waals surface area contributed by atoms with Crippen molar-refractivity contribution in [2.45, 2.75) is 44.6 Å². The van der Waals surface area contributed by atoms with Gasteiger partial charge in [-0.05, 0) is 50.8 Å². The number of piperidine rings is 1. The molecular formula is C22H31N3O3. The number of rotatable bonds is 5. The molecule has 1 aromatic carbocycles. The quantitative estimate of drug-likeness (QED) is 0.845. The summed E-state index contributed by atoms with van der Waals surface area (Å²) < 4.78 is 5.67. The fourth-order valence-electron chi connectivity index (χ4n) is 4.63. The molecule has 4 rings (SSSR count). The average molecular weight is 386 g/mol. The maximum atomic E-state index is 12.6. The van der Waals surface area contributed by atoms with Gasteiger partial charge in [0.2, 0.25) is 11.8 Å². The van der Waals surface area contributed by atoms with Crippen molar-refractivity contribution in [1.82, 2.24) is 15.1 Å². The van der Waals surface area contributed by atoms with Crippen LogP contribution in [0.5, 0.6) is 5.75 Å². The molecule has 3 heterocycles. The molecule has 0 aromatic heterocycles. The molecule has 0 aliphatic carbocycles. The minimum atomic E-state index is 0.0353. The minimum absolute atomic E-state index is 0.0353. The third-order valence-corrected chi connectivity index (χ3v) is 6.29. The first-order chi connectivity index (χ1) is 13.7. The number of hydrogen-bond donors (Lipinski definition) is 1. The van der Waals surface area contributed by atoms with Gasteiger partial charge in [0, 0.05) is 31.5 Å². The summed E-state index contributed by atoms with van der Waals surface area (Å²) in [6.45, 7) is 4.75. The van der Waals surface area contributed by atoms with Gasteiger partial charge in [-0.1, -0.05) is 18.2 Å². The second-order valence-electron chi connectivity index (χ2n) is 8.31. The number of para-hydroxylation sites is 1. The highest BCUT2D eigenvalue weighted by atomic mass is 16.5. The molecule has 152 valence electrons. The van der Waals surface area contributed by atoms with Crippen LogP contribution in [0.1, 0.15) is 50.1 Å². The zero-order chi connectivity index (χ0) is 19.3. The normalized spacial score (nSPS) is 23.1. The number of carbonyl (C=O) groups is 2. The fourth-order valence-corrected chi connectivity index (χ4v) is 4.63. The summed E-state index contributed by atoms with van der Waals surface area (Å²) in [6.07, 6.45) is 5.80. The van der Waals surface area contributed by atoms with Gasteiger partial charge < -0.3 is 15.0 Å². The van der Waals surface area contributed by atoms with E-state index in [1.165, 1.54) is 0 Å². The maximum Gasteiger partial charge on any atom is 0.234 e. The molecule has 3 aliphatic heterocycles. The summed E-state index contributed by atoms with van der Waals surface area (Å²) in [4.78, 5) is 29.1. The molecule has 2 fully saturated rings. The molecule has 3 aliphatic rings. The summed E-state index contributed by atoms with van der Waals surface area (Å²) >= 11 is 0. The molecule has 6 heteroatoms. The van der Waals surface area contributed by atoms with E-state index in [1.54, 1.807) is 0 Å². The molecule has 0 spiro atoms. The number of carbonyl (C=O) groups excluding carboxylic acids is 2. The van der Waals surface area contributed by atoms with Crippen molar-refractivity contribution in [2.24, 2.45) is 5.92 Å². The van der Waals surface area contributed by atoms with Gasteiger partial charge in [0.1, 0.15) is 5.75 Å². The van der Waals surface area contributed by atoms with Crippen LogP contribution in [0.3, 0.4) is 0 Å². The second-order valence-corrected chi connectivity index (χ2v) is 8.31. The lowest BCUT2D eigenvalue weighted by molar-refractivity contribution is -0.131. The molecule has 0 radical (unpaired) electrons. The maximum absolute atomic E-state index is 12.6. The number of fused-ring (bicyclic) bond motifs is 1. The van der Waals surface area contributed by atoms with Crippen LogP contribution in [-0.2, 0) is 9.59 Å². The highest BCUT2D eigenvalue weighted by Gasteiger charge is 2.27. The molecule has 6 nitrogen and oxygen atoms in total. The third-order valence-electron chi connectivity index (χ3n) is 6.29. The van der Waals surface area contributed by atoms with E-state index in [0.717, 1.165) is 69.6 Å². The van der Waals surface area contributed by atoms with Crippen molar-refractivity contribution in [3.05, 3.63) is 29.8 Å². The summed E-state index contributed by atoms with van der Waals surface area (Å²) in [5.41, 5.74) is 1.07. The predicted molar refractivity (Wildman–Crippen MR) is 107 cm³/mol. The van der Waals surface area contributed by atoms with E-state index in [-0.39, 0.29) is 11.9 Å². The number of benzene rings is 1. The van der Waals surface area contributed by atoms with Crippen LogP contribution < -0.4 is 10.1 Å². The molecule has 1 unspecified atom stereocenters. The lowest BCUT2D eigenvalue weighted by Gasteiger charge is -2.33. The lowest BCUT2D eigenvalue weighted by Crippen LogP contribution is -2.43. The van der Waals surface area contributed by atoms with Gasteiger partial charge >= 0.3 is 0 Å². The summed E-state index contributed by atoms with van der Waals surface area (Å²) in [6, 6.07) is 7.97. The summed E-state index contributed by atoms with van der Waals surface area (Å²) in [7, 11) is 0. The molecule has 0 saturated carbocycles. The Morgan fingerprint density at radius 1 is 1.04 bits per heavy atom. The van der Waals surface area contributed by atoms with Crippen LogP contribution in [0, 0.1) is 5.92 Å². The van der Waals surface area contributed by atoms with Crippen LogP contribution in [0.25, 0.3) is 0 Å². The lowest BCUT2D eigenvalue weighted by atomic mass is 9.93. The topological polar surface area (TPSA) is 61.9 Å². The van der Waals surface area contributed by atoms with E-state index in [2.05, 4.69) is 10.2 Å². The Hall–Kier alpha value is -2.08. The fraction of sp³-hybridized carbons (Fsp3) is 0.636. The molecule has 28 heavy (non-hydrogen) atoms. The average Bonchev–Trinajstić information content (AvgIpc) is 3.25. The third kappa shape index (κ3) is 4.66. The van der Waals surface area contributed by atoms with Crippen LogP contribution in [0.4, 0.5) is 0 Å². The van der Waals surface area contributed by atoms with Crippen molar-refractivity contribution in [1.29, 1.82) is 0 Å². The Kier molecular flexibility index (Phi) is 6.15. The monoisotopic (exact) mass is 385 g/mol. The highest BCUT2D eigenvalue weighted by molar-refractivity contribution is 5.79. The SMILES string of the molecule is O=C(CN1CCC(CC(=O)N2CCCC2)CC1)NC1CCOc2ccccc21. The van der Waals surface area contributed by atoms with Crippen LogP contribution in [0.2, 0.25) is 0 Å². The largest absolute Gasteiger partial charge is 0.493 e. The molecule has 1 N–H and O–H groups in total. The van der Waals surface area contributed by atoms with Gasteiger partial charge in [-0.15, -0.1) is 0 Å². The molecule has 1 atom stereocenters. The predicted octanol–water partition coefficient (Wildman–Crippen LogP) is 2.35. The Morgan fingerprint density at radius 2 is 1.79 bits per heavy atom. The zero-order valence-electron chi connectivity index (χ0n) is 16.6. The summed E-state index contributed by atoms with van der Waals surface area (Å²) in [5.74, 6) is 1.75. The van der Waals surface area contributed by atoms with Crippen molar-refractivity contribution in [3.63, 3.8) is 0 Å².